The molecule has 5 rings (SSSR count). The molecule has 1 N–H and O–H groups in total. The van der Waals surface area contributed by atoms with Gasteiger partial charge in [0.2, 0.25) is 5.95 Å². The number of tetrazole rings is 1. The van der Waals surface area contributed by atoms with Crippen molar-refractivity contribution >= 4 is 29.3 Å². The van der Waals surface area contributed by atoms with Crippen molar-refractivity contribution in [3.05, 3.63) is 65.7 Å². The Morgan fingerprint density at radius 1 is 1.07 bits per heavy atom. The van der Waals surface area contributed by atoms with Crippen molar-refractivity contribution in [2.75, 3.05) is 25.5 Å². The zero-order valence-electron chi connectivity index (χ0n) is 25.5. The highest BCUT2D eigenvalue weighted by atomic mass is 35.5. The highest BCUT2D eigenvalue weighted by molar-refractivity contribution is 6.32. The summed E-state index contributed by atoms with van der Waals surface area (Å²) in [5.74, 6) is 2.00. The lowest BCUT2D eigenvalue weighted by Gasteiger charge is -2.33. The lowest BCUT2D eigenvalue weighted by Crippen LogP contribution is -2.41. The summed E-state index contributed by atoms with van der Waals surface area (Å²) in [4.78, 5) is 23.3. The molecule has 0 bridgehead atoms. The van der Waals surface area contributed by atoms with Gasteiger partial charge >= 0.3 is 6.09 Å². The number of piperidine rings is 1. The second-order valence-electron chi connectivity index (χ2n) is 11.7. The third-order valence-corrected chi connectivity index (χ3v) is 7.48. The predicted molar refractivity (Wildman–Crippen MR) is 166 cm³/mol. The van der Waals surface area contributed by atoms with E-state index in [9.17, 15) is 4.79 Å². The van der Waals surface area contributed by atoms with Gasteiger partial charge in [-0.15, -0.1) is 5.10 Å². The van der Waals surface area contributed by atoms with E-state index in [1.165, 1.54) is 11.9 Å². The van der Waals surface area contributed by atoms with Gasteiger partial charge in [0, 0.05) is 31.0 Å². The predicted octanol–water partition coefficient (Wildman–Crippen LogP) is 6.12. The van der Waals surface area contributed by atoms with Crippen molar-refractivity contribution < 1.29 is 19.0 Å². The third kappa shape index (κ3) is 7.93. The van der Waals surface area contributed by atoms with Gasteiger partial charge in [0.05, 0.1) is 24.4 Å². The van der Waals surface area contributed by atoms with Crippen LogP contribution in [0.3, 0.4) is 0 Å². The number of nitrogens with zero attached hydrogens (tertiary/aromatic N) is 7. The number of benzene rings is 2. The van der Waals surface area contributed by atoms with E-state index in [0.29, 0.717) is 48.0 Å². The van der Waals surface area contributed by atoms with Crippen LogP contribution in [0.15, 0.2) is 55.1 Å². The van der Waals surface area contributed by atoms with Gasteiger partial charge in [0.1, 0.15) is 29.5 Å². The van der Waals surface area contributed by atoms with E-state index in [-0.39, 0.29) is 12.2 Å². The Morgan fingerprint density at radius 3 is 2.48 bits per heavy atom. The molecular formula is C31H37ClN8O4. The largest absolute Gasteiger partial charge is 0.495 e. The number of rotatable bonds is 9. The van der Waals surface area contributed by atoms with Crippen molar-refractivity contribution in [1.82, 2.24) is 35.1 Å². The van der Waals surface area contributed by atoms with E-state index in [4.69, 9.17) is 25.8 Å². The summed E-state index contributed by atoms with van der Waals surface area (Å²) in [5, 5.41) is 14.9. The molecule has 1 aliphatic heterocycles. The van der Waals surface area contributed by atoms with E-state index in [1.807, 2.05) is 52.0 Å². The van der Waals surface area contributed by atoms with Crippen molar-refractivity contribution in [2.24, 2.45) is 0 Å². The van der Waals surface area contributed by atoms with Gasteiger partial charge in [-0.1, -0.05) is 23.7 Å². The fourth-order valence-corrected chi connectivity index (χ4v) is 5.17. The van der Waals surface area contributed by atoms with Crippen LogP contribution >= 0.6 is 11.6 Å². The second-order valence-corrected chi connectivity index (χ2v) is 12.1. The average Bonchev–Trinajstić information content (AvgIpc) is 3.51. The first-order valence-electron chi connectivity index (χ1n) is 14.5. The minimum Gasteiger partial charge on any atom is -0.495 e. The molecule has 1 amide bonds. The molecule has 1 aliphatic rings. The van der Waals surface area contributed by atoms with E-state index < -0.39 is 5.60 Å². The molecule has 1 saturated heterocycles. The first-order chi connectivity index (χ1) is 21.1. The highest BCUT2D eigenvalue weighted by Gasteiger charge is 2.28. The van der Waals surface area contributed by atoms with Crippen LogP contribution in [0, 0.1) is 0 Å². The van der Waals surface area contributed by atoms with Crippen LogP contribution in [-0.4, -0.2) is 73.1 Å². The van der Waals surface area contributed by atoms with Crippen LogP contribution in [0.5, 0.6) is 11.5 Å². The number of aromatic nitrogens is 6. The van der Waals surface area contributed by atoms with Crippen molar-refractivity contribution in [2.45, 2.75) is 64.7 Å². The first-order valence-corrected chi connectivity index (χ1v) is 14.9. The minimum absolute atomic E-state index is 0.208. The number of methoxy groups -OCH3 is 1. The van der Waals surface area contributed by atoms with E-state index >= 15 is 0 Å². The second kappa shape index (κ2) is 13.5. The van der Waals surface area contributed by atoms with Gasteiger partial charge in [-0.05, 0) is 92.3 Å². The van der Waals surface area contributed by atoms with E-state index in [2.05, 4.69) is 36.9 Å². The van der Waals surface area contributed by atoms with Crippen LogP contribution in [0.1, 0.15) is 52.0 Å². The third-order valence-electron chi connectivity index (χ3n) is 7.17. The number of carbonyl (C=O) groups is 1. The lowest BCUT2D eigenvalue weighted by molar-refractivity contribution is 0.0204. The maximum Gasteiger partial charge on any atom is 0.410 e. The standard InChI is InChI=1S/C31H37ClN8O4/c1-20(18-40-19-35-37-38-40)43-27-14-23(6-8-25(27)32)24-16-33-29(34-17-24)36-26-9-7-22(15-28(26)42-5)21-10-12-39(13-11-21)30(41)44-31(2,3)4/h6-9,14-17,19-21H,10-13,18H2,1-5H3,(H,33,34,36)/t20-/m0/s1. The van der Waals surface area contributed by atoms with E-state index in [1.54, 1.807) is 35.2 Å². The molecule has 3 heterocycles. The Labute approximate surface area is 261 Å². The fourth-order valence-electron chi connectivity index (χ4n) is 5.00. The minimum atomic E-state index is -0.500. The highest BCUT2D eigenvalue weighted by Crippen LogP contribution is 2.36. The molecule has 0 aliphatic carbocycles. The summed E-state index contributed by atoms with van der Waals surface area (Å²) in [6.07, 6.45) is 6.27. The number of carbonyl (C=O) groups excluding carboxylic acids is 1. The molecule has 1 fully saturated rings. The van der Waals surface area contributed by atoms with Gasteiger partial charge < -0.3 is 24.4 Å². The van der Waals surface area contributed by atoms with Crippen LogP contribution in [0.25, 0.3) is 11.1 Å². The summed E-state index contributed by atoms with van der Waals surface area (Å²) in [5.41, 5.74) is 3.10. The van der Waals surface area contributed by atoms with Crippen LogP contribution < -0.4 is 14.8 Å². The molecule has 12 nitrogen and oxygen atoms in total. The molecule has 0 radical (unpaired) electrons. The van der Waals surface area contributed by atoms with Crippen LogP contribution in [-0.2, 0) is 11.3 Å². The zero-order valence-corrected chi connectivity index (χ0v) is 26.3. The monoisotopic (exact) mass is 620 g/mol. The topological polar surface area (TPSA) is 129 Å². The number of anilines is 2. The van der Waals surface area contributed by atoms with E-state index in [0.717, 1.165) is 29.7 Å². The van der Waals surface area contributed by atoms with Crippen LogP contribution in [0.2, 0.25) is 5.02 Å². The number of amides is 1. The van der Waals surface area contributed by atoms with Crippen molar-refractivity contribution in [3.8, 4) is 22.6 Å². The summed E-state index contributed by atoms with van der Waals surface area (Å²) < 4.78 is 18.9. The summed E-state index contributed by atoms with van der Waals surface area (Å²) in [6, 6.07) is 11.7. The first kappa shape index (κ1) is 31.0. The number of halogens is 1. The number of hydrogen-bond acceptors (Lipinski definition) is 10. The smallest absolute Gasteiger partial charge is 0.410 e. The van der Waals surface area contributed by atoms with Gasteiger partial charge in [0.25, 0.3) is 0 Å². The number of nitrogens with one attached hydrogen (secondary N) is 1. The molecule has 232 valence electrons. The molecule has 0 unspecified atom stereocenters. The van der Waals surface area contributed by atoms with Gasteiger partial charge in [0.15, 0.2) is 0 Å². The Bertz CT molecular complexity index is 1550. The van der Waals surface area contributed by atoms with Crippen molar-refractivity contribution in [3.63, 3.8) is 0 Å². The SMILES string of the molecule is COc1cc(C2CCN(C(=O)OC(C)(C)C)CC2)ccc1Nc1ncc(-c2ccc(Cl)c(O[C@@H](C)Cn3cnnn3)c2)cn1. The number of likely N-dealkylation sites (tertiary alicyclic amines) is 1. The van der Waals surface area contributed by atoms with Gasteiger partial charge in [-0.25, -0.2) is 19.4 Å². The Balaban J connectivity index is 1.21. The summed E-state index contributed by atoms with van der Waals surface area (Å²) in [6.45, 7) is 9.36. The molecule has 0 spiro atoms. The molecular weight excluding hydrogens is 584 g/mol. The van der Waals surface area contributed by atoms with Gasteiger partial charge in [-0.3, -0.25) is 0 Å². The molecule has 2 aromatic carbocycles. The maximum absolute atomic E-state index is 12.4. The molecule has 13 heteroatoms. The molecule has 1 atom stereocenters. The molecule has 44 heavy (non-hydrogen) atoms. The summed E-state index contributed by atoms with van der Waals surface area (Å²) >= 11 is 6.41. The average molecular weight is 621 g/mol. The van der Waals surface area contributed by atoms with Crippen LogP contribution in [0.4, 0.5) is 16.4 Å². The van der Waals surface area contributed by atoms with Crippen molar-refractivity contribution in [1.29, 1.82) is 0 Å². The normalized spacial score (nSPS) is 14.6. The zero-order chi connectivity index (χ0) is 31.3. The maximum atomic E-state index is 12.4. The molecule has 4 aromatic rings. The number of ether oxygens (including phenoxy) is 3. The lowest BCUT2D eigenvalue weighted by atomic mass is 9.89. The molecule has 2 aromatic heterocycles. The quantitative estimate of drug-likeness (QED) is 0.234. The Morgan fingerprint density at radius 2 is 1.82 bits per heavy atom. The Kier molecular flexibility index (Phi) is 9.48. The Hall–Kier alpha value is -4.45. The summed E-state index contributed by atoms with van der Waals surface area (Å²) in [7, 11) is 1.64. The van der Waals surface area contributed by atoms with Gasteiger partial charge in [-0.2, -0.15) is 0 Å². The number of hydrogen-bond donors (Lipinski definition) is 1. The fraction of sp³-hybridized carbons (Fsp3) is 0.419. The molecule has 0 saturated carbocycles.